The van der Waals surface area contributed by atoms with Crippen LogP contribution in [0, 0.1) is 0 Å². The van der Waals surface area contributed by atoms with Gasteiger partial charge in [-0.25, -0.2) is 0 Å². The van der Waals surface area contributed by atoms with E-state index in [1.807, 2.05) is 0 Å². The van der Waals surface area contributed by atoms with Crippen molar-refractivity contribution >= 4 is 5.97 Å². The average molecular weight is 178 g/mol. The molecule has 0 rings (SSSR count). The molecule has 0 unspecified atom stereocenters. The van der Waals surface area contributed by atoms with Crippen molar-refractivity contribution in [3.8, 4) is 0 Å². The summed E-state index contributed by atoms with van der Waals surface area (Å²) in [6, 6.07) is 0. The maximum absolute atomic E-state index is 10.2. The average Bonchev–Trinajstić information content (AvgIpc) is 1.96. The highest BCUT2D eigenvalue weighted by atomic mass is 16.6. The van der Waals surface area contributed by atoms with Crippen LogP contribution in [0.5, 0.6) is 0 Å². The van der Waals surface area contributed by atoms with E-state index in [9.17, 15) is 4.79 Å². The molecule has 12 heavy (non-hydrogen) atoms. The number of esters is 1. The van der Waals surface area contributed by atoms with E-state index in [1.165, 1.54) is 6.92 Å². The Hall–Kier alpha value is -0.610. The quantitative estimate of drug-likeness (QED) is 0.447. The van der Waals surface area contributed by atoms with E-state index >= 15 is 0 Å². The van der Waals surface area contributed by atoms with Crippen LogP contribution in [0.25, 0.3) is 0 Å². The highest BCUT2D eigenvalue weighted by Crippen LogP contribution is 1.79. The van der Waals surface area contributed by atoms with E-state index in [0.29, 0.717) is 26.4 Å². The number of ether oxygens (including phenoxy) is 3. The molecule has 0 bridgehead atoms. The van der Waals surface area contributed by atoms with Gasteiger partial charge in [-0.3, -0.25) is 4.79 Å². The second-order valence-electron chi connectivity index (χ2n) is 1.95. The fourth-order valence-electron chi connectivity index (χ4n) is 0.489. The molecule has 0 spiro atoms. The molecule has 0 aromatic carbocycles. The number of rotatable bonds is 6. The molecule has 4 nitrogen and oxygen atoms in total. The smallest absolute Gasteiger partial charge is 0.302 e. The lowest BCUT2D eigenvalue weighted by Gasteiger charge is -2.02. The Morgan fingerprint density at radius 1 is 1.17 bits per heavy atom. The van der Waals surface area contributed by atoms with Gasteiger partial charge in [0.05, 0.1) is 19.8 Å². The standard InChI is InChI=1S/C7H14O4.CH4/c1-7(8)11-6-5-10-4-3-9-2;/h3-6H2,1-2H3;1H4. The predicted molar refractivity (Wildman–Crippen MR) is 46.1 cm³/mol. The van der Waals surface area contributed by atoms with Gasteiger partial charge in [0.25, 0.3) is 0 Å². The van der Waals surface area contributed by atoms with Crippen molar-refractivity contribution in [1.82, 2.24) is 0 Å². The SMILES string of the molecule is C.COCCOCCOC(C)=O. The summed E-state index contributed by atoms with van der Waals surface area (Å²) in [4.78, 5) is 10.2. The van der Waals surface area contributed by atoms with Crippen LogP contribution >= 0.6 is 0 Å². The van der Waals surface area contributed by atoms with Gasteiger partial charge in [-0.1, -0.05) is 7.43 Å². The maximum Gasteiger partial charge on any atom is 0.302 e. The van der Waals surface area contributed by atoms with Gasteiger partial charge < -0.3 is 14.2 Å². The Labute approximate surface area is 73.8 Å². The molecule has 0 N–H and O–H groups in total. The van der Waals surface area contributed by atoms with Gasteiger partial charge in [-0.15, -0.1) is 0 Å². The summed E-state index contributed by atoms with van der Waals surface area (Å²) in [5, 5.41) is 0. The highest BCUT2D eigenvalue weighted by Gasteiger charge is 1.91. The van der Waals surface area contributed by atoms with Crippen LogP contribution in [-0.4, -0.2) is 39.5 Å². The van der Waals surface area contributed by atoms with Crippen LogP contribution in [0.1, 0.15) is 14.4 Å². The number of hydrogen-bond acceptors (Lipinski definition) is 4. The zero-order valence-electron chi connectivity index (χ0n) is 6.96. The lowest BCUT2D eigenvalue weighted by Crippen LogP contribution is -2.10. The lowest BCUT2D eigenvalue weighted by molar-refractivity contribution is -0.142. The molecule has 0 radical (unpaired) electrons. The summed E-state index contributed by atoms with van der Waals surface area (Å²) in [5.74, 6) is -0.277. The van der Waals surface area contributed by atoms with Crippen molar-refractivity contribution in [1.29, 1.82) is 0 Å². The van der Waals surface area contributed by atoms with Crippen LogP contribution in [0.3, 0.4) is 0 Å². The summed E-state index contributed by atoms with van der Waals surface area (Å²) >= 11 is 0. The highest BCUT2D eigenvalue weighted by molar-refractivity contribution is 5.65. The largest absolute Gasteiger partial charge is 0.463 e. The zero-order valence-corrected chi connectivity index (χ0v) is 6.96. The van der Waals surface area contributed by atoms with E-state index < -0.39 is 0 Å². The molecule has 0 aliphatic heterocycles. The lowest BCUT2D eigenvalue weighted by atomic mass is 10.7. The molecule has 74 valence electrons. The van der Waals surface area contributed by atoms with Gasteiger partial charge in [0, 0.05) is 14.0 Å². The molecule has 0 heterocycles. The minimum atomic E-state index is -0.277. The van der Waals surface area contributed by atoms with Gasteiger partial charge in [-0.2, -0.15) is 0 Å². The maximum atomic E-state index is 10.2. The third kappa shape index (κ3) is 12.1. The molecule has 0 saturated heterocycles. The number of hydrogen-bond donors (Lipinski definition) is 0. The third-order valence-electron chi connectivity index (χ3n) is 0.965. The van der Waals surface area contributed by atoms with Gasteiger partial charge in [0.1, 0.15) is 6.61 Å². The Bertz CT molecular complexity index is 103. The number of carbonyl (C=O) groups is 1. The predicted octanol–water partition coefficient (Wildman–Crippen LogP) is 0.849. The summed E-state index contributed by atoms with van der Waals surface area (Å²) < 4.78 is 14.4. The summed E-state index contributed by atoms with van der Waals surface area (Å²) in [5.41, 5.74) is 0. The van der Waals surface area contributed by atoms with Gasteiger partial charge in [0.15, 0.2) is 0 Å². The van der Waals surface area contributed by atoms with Gasteiger partial charge in [0.2, 0.25) is 0 Å². The minimum Gasteiger partial charge on any atom is -0.463 e. The van der Waals surface area contributed by atoms with E-state index in [0.717, 1.165) is 0 Å². The van der Waals surface area contributed by atoms with Gasteiger partial charge >= 0.3 is 5.97 Å². The second-order valence-corrected chi connectivity index (χ2v) is 1.95. The first kappa shape index (κ1) is 13.9. The first-order chi connectivity index (χ1) is 5.27. The molecule has 0 atom stereocenters. The second kappa shape index (κ2) is 10.4. The van der Waals surface area contributed by atoms with Crippen LogP contribution in [0.2, 0.25) is 0 Å². The van der Waals surface area contributed by atoms with Crippen molar-refractivity contribution in [2.45, 2.75) is 14.4 Å². The monoisotopic (exact) mass is 178 g/mol. The number of carbonyl (C=O) groups excluding carboxylic acids is 1. The Morgan fingerprint density at radius 2 is 1.75 bits per heavy atom. The topological polar surface area (TPSA) is 44.8 Å². The molecule has 0 aromatic heterocycles. The Balaban J connectivity index is 0. The zero-order chi connectivity index (χ0) is 8.53. The minimum absolute atomic E-state index is 0. The molecule has 4 heteroatoms. The van der Waals surface area contributed by atoms with Crippen LogP contribution in [0.4, 0.5) is 0 Å². The third-order valence-corrected chi connectivity index (χ3v) is 0.965. The normalized spacial score (nSPS) is 8.83. The molecule has 0 saturated carbocycles. The molecule has 0 aromatic rings. The first-order valence-electron chi connectivity index (χ1n) is 3.47. The van der Waals surface area contributed by atoms with Gasteiger partial charge in [-0.05, 0) is 0 Å². The summed E-state index contributed by atoms with van der Waals surface area (Å²) in [6.45, 7) is 3.23. The fourth-order valence-corrected chi connectivity index (χ4v) is 0.489. The molecular weight excluding hydrogens is 160 g/mol. The molecular formula is C8H18O4. The van der Waals surface area contributed by atoms with Crippen LogP contribution < -0.4 is 0 Å². The van der Waals surface area contributed by atoms with Crippen LogP contribution in [-0.2, 0) is 19.0 Å². The molecule has 0 amide bonds. The van der Waals surface area contributed by atoms with Crippen molar-refractivity contribution < 1.29 is 19.0 Å². The van der Waals surface area contributed by atoms with Crippen molar-refractivity contribution in [2.24, 2.45) is 0 Å². The van der Waals surface area contributed by atoms with Crippen molar-refractivity contribution in [3.63, 3.8) is 0 Å². The molecule has 0 aliphatic rings. The Kier molecular flexibility index (Phi) is 12.1. The summed E-state index contributed by atoms with van der Waals surface area (Å²) in [6.07, 6.45) is 0. The van der Waals surface area contributed by atoms with Crippen molar-refractivity contribution in [2.75, 3.05) is 33.5 Å². The fraction of sp³-hybridized carbons (Fsp3) is 0.875. The van der Waals surface area contributed by atoms with E-state index in [4.69, 9.17) is 9.47 Å². The van der Waals surface area contributed by atoms with E-state index in [2.05, 4.69) is 4.74 Å². The van der Waals surface area contributed by atoms with E-state index in [1.54, 1.807) is 7.11 Å². The first-order valence-corrected chi connectivity index (χ1v) is 3.47. The van der Waals surface area contributed by atoms with Crippen LogP contribution in [0.15, 0.2) is 0 Å². The number of methoxy groups -OCH3 is 1. The van der Waals surface area contributed by atoms with E-state index in [-0.39, 0.29) is 13.4 Å². The summed E-state index contributed by atoms with van der Waals surface area (Å²) in [7, 11) is 1.61. The molecule has 0 aliphatic carbocycles. The van der Waals surface area contributed by atoms with Crippen molar-refractivity contribution in [3.05, 3.63) is 0 Å². The molecule has 0 fully saturated rings. The Morgan fingerprint density at radius 3 is 2.25 bits per heavy atom.